The standard InChI is InChI=1S/C21H23NO4/c1-13(2)11-19(22)20(23)26-21(24)25-12-18-16-9-5-3-7-14(16)15-8-4-6-10-17(15)18/h3-10,13,18-19H,11-12,22H2,1-2H3/t19-/m0/s1. The van der Waals surface area contributed by atoms with Gasteiger partial charge in [0, 0.05) is 5.92 Å². The average Bonchev–Trinajstić information content (AvgIpc) is 2.93. The van der Waals surface area contributed by atoms with Gasteiger partial charge in [-0.1, -0.05) is 62.4 Å². The molecule has 0 amide bonds. The summed E-state index contributed by atoms with van der Waals surface area (Å²) in [5.74, 6) is -0.592. The lowest BCUT2D eigenvalue weighted by Gasteiger charge is -2.15. The maximum Gasteiger partial charge on any atom is 0.516 e. The van der Waals surface area contributed by atoms with Crippen molar-refractivity contribution >= 4 is 12.1 Å². The highest BCUT2D eigenvalue weighted by Gasteiger charge is 2.29. The van der Waals surface area contributed by atoms with E-state index < -0.39 is 18.2 Å². The van der Waals surface area contributed by atoms with Crippen LogP contribution in [0.5, 0.6) is 0 Å². The minimum atomic E-state index is -1.00. The molecule has 3 rings (SSSR count). The number of carbonyl (C=O) groups is 2. The molecule has 0 saturated carbocycles. The third-order valence-electron chi connectivity index (χ3n) is 4.54. The summed E-state index contributed by atoms with van der Waals surface area (Å²) in [6.45, 7) is 4.00. The number of rotatable bonds is 5. The molecule has 0 bridgehead atoms. The first-order valence-electron chi connectivity index (χ1n) is 8.79. The summed E-state index contributed by atoms with van der Waals surface area (Å²) in [5.41, 5.74) is 10.2. The molecule has 0 saturated heterocycles. The third-order valence-corrected chi connectivity index (χ3v) is 4.54. The minimum absolute atomic E-state index is 0.0746. The van der Waals surface area contributed by atoms with E-state index >= 15 is 0 Å². The van der Waals surface area contributed by atoms with Crippen LogP contribution in [0, 0.1) is 5.92 Å². The van der Waals surface area contributed by atoms with Crippen molar-refractivity contribution in [1.82, 2.24) is 0 Å². The fraction of sp³-hybridized carbons (Fsp3) is 0.333. The number of fused-ring (bicyclic) bond motifs is 3. The number of carbonyl (C=O) groups excluding carboxylic acids is 2. The van der Waals surface area contributed by atoms with E-state index in [9.17, 15) is 9.59 Å². The van der Waals surface area contributed by atoms with Crippen LogP contribution in [0.4, 0.5) is 4.79 Å². The summed E-state index contributed by atoms with van der Waals surface area (Å²) < 4.78 is 9.95. The molecule has 2 aromatic carbocycles. The second-order valence-corrected chi connectivity index (χ2v) is 6.95. The van der Waals surface area contributed by atoms with Crippen LogP contribution in [-0.2, 0) is 14.3 Å². The second-order valence-electron chi connectivity index (χ2n) is 6.95. The first kappa shape index (κ1) is 18.1. The minimum Gasteiger partial charge on any atom is -0.433 e. The summed E-state index contributed by atoms with van der Waals surface area (Å²) in [6.07, 6.45) is -0.550. The van der Waals surface area contributed by atoms with Gasteiger partial charge in [-0.15, -0.1) is 0 Å². The quantitative estimate of drug-likeness (QED) is 0.652. The van der Waals surface area contributed by atoms with Crippen LogP contribution in [0.2, 0.25) is 0 Å². The van der Waals surface area contributed by atoms with Gasteiger partial charge in [-0.3, -0.25) is 0 Å². The molecule has 136 valence electrons. The van der Waals surface area contributed by atoms with Crippen molar-refractivity contribution in [2.45, 2.75) is 32.2 Å². The highest BCUT2D eigenvalue weighted by Crippen LogP contribution is 2.44. The van der Waals surface area contributed by atoms with Crippen molar-refractivity contribution in [2.24, 2.45) is 11.7 Å². The van der Waals surface area contributed by atoms with Crippen LogP contribution < -0.4 is 5.73 Å². The monoisotopic (exact) mass is 353 g/mol. The van der Waals surface area contributed by atoms with Crippen molar-refractivity contribution in [3.63, 3.8) is 0 Å². The van der Waals surface area contributed by atoms with E-state index in [0.717, 1.165) is 22.3 Å². The van der Waals surface area contributed by atoms with Gasteiger partial charge in [0.25, 0.3) is 0 Å². The van der Waals surface area contributed by atoms with Gasteiger partial charge in [0.1, 0.15) is 12.6 Å². The normalized spacial score (nSPS) is 13.8. The van der Waals surface area contributed by atoms with Crippen LogP contribution in [0.15, 0.2) is 48.5 Å². The molecule has 5 nitrogen and oxygen atoms in total. The molecular formula is C21H23NO4. The van der Waals surface area contributed by atoms with Crippen LogP contribution in [-0.4, -0.2) is 24.8 Å². The lowest BCUT2D eigenvalue weighted by atomic mass is 9.98. The maximum absolute atomic E-state index is 11.9. The molecule has 0 aliphatic heterocycles. The number of esters is 1. The molecular weight excluding hydrogens is 330 g/mol. The predicted molar refractivity (Wildman–Crippen MR) is 98.6 cm³/mol. The van der Waals surface area contributed by atoms with Crippen LogP contribution >= 0.6 is 0 Å². The molecule has 2 N–H and O–H groups in total. The summed E-state index contributed by atoms with van der Waals surface area (Å²) >= 11 is 0. The van der Waals surface area contributed by atoms with E-state index in [0.29, 0.717) is 6.42 Å². The van der Waals surface area contributed by atoms with Crippen molar-refractivity contribution in [3.8, 4) is 11.1 Å². The molecule has 0 radical (unpaired) electrons. The largest absolute Gasteiger partial charge is 0.516 e. The molecule has 1 atom stereocenters. The average molecular weight is 353 g/mol. The zero-order valence-corrected chi connectivity index (χ0v) is 15.0. The van der Waals surface area contributed by atoms with E-state index in [1.54, 1.807) is 0 Å². The van der Waals surface area contributed by atoms with Crippen LogP contribution in [0.25, 0.3) is 11.1 Å². The summed E-state index contributed by atoms with van der Waals surface area (Å²) in [5, 5.41) is 0. The summed E-state index contributed by atoms with van der Waals surface area (Å²) in [7, 11) is 0. The Labute approximate surface area is 153 Å². The van der Waals surface area contributed by atoms with Crippen LogP contribution in [0.3, 0.4) is 0 Å². The van der Waals surface area contributed by atoms with Gasteiger partial charge < -0.3 is 15.2 Å². The summed E-state index contributed by atoms with van der Waals surface area (Å²) in [4.78, 5) is 23.7. The molecule has 1 aliphatic rings. The molecule has 0 unspecified atom stereocenters. The Morgan fingerprint density at radius 2 is 1.54 bits per heavy atom. The Hall–Kier alpha value is -2.66. The van der Waals surface area contributed by atoms with Crippen molar-refractivity contribution in [2.75, 3.05) is 6.61 Å². The molecule has 0 aromatic heterocycles. The van der Waals surface area contributed by atoms with E-state index in [2.05, 4.69) is 12.1 Å². The first-order chi connectivity index (χ1) is 12.5. The molecule has 0 spiro atoms. The van der Waals surface area contributed by atoms with Gasteiger partial charge in [-0.2, -0.15) is 0 Å². The number of hydrogen-bond acceptors (Lipinski definition) is 5. The fourth-order valence-electron chi connectivity index (χ4n) is 3.38. The zero-order valence-electron chi connectivity index (χ0n) is 15.0. The van der Waals surface area contributed by atoms with Gasteiger partial charge in [-0.25, -0.2) is 9.59 Å². The number of hydrogen-bond donors (Lipinski definition) is 1. The Bertz CT molecular complexity index is 770. The van der Waals surface area contributed by atoms with Crippen molar-refractivity contribution in [3.05, 3.63) is 59.7 Å². The fourth-order valence-corrected chi connectivity index (χ4v) is 3.38. The SMILES string of the molecule is CC(C)C[C@H](N)C(=O)OC(=O)OCC1c2ccccc2-c2ccccc21. The number of ether oxygens (including phenoxy) is 2. The van der Waals surface area contributed by atoms with Gasteiger partial charge in [-0.05, 0) is 34.6 Å². The topological polar surface area (TPSA) is 78.6 Å². The second kappa shape index (κ2) is 7.70. The van der Waals surface area contributed by atoms with Gasteiger partial charge in [0.2, 0.25) is 0 Å². The lowest BCUT2D eigenvalue weighted by molar-refractivity contribution is -0.141. The summed E-state index contributed by atoms with van der Waals surface area (Å²) in [6, 6.07) is 15.2. The molecule has 1 aliphatic carbocycles. The Balaban J connectivity index is 1.65. The molecule has 0 fully saturated rings. The van der Waals surface area contributed by atoms with E-state index in [1.807, 2.05) is 50.2 Å². The molecule has 5 heteroatoms. The highest BCUT2D eigenvalue weighted by molar-refractivity contribution is 5.85. The zero-order chi connectivity index (χ0) is 18.7. The molecule has 26 heavy (non-hydrogen) atoms. The van der Waals surface area contributed by atoms with E-state index in [1.165, 1.54) is 0 Å². The van der Waals surface area contributed by atoms with Gasteiger partial charge >= 0.3 is 12.1 Å². The van der Waals surface area contributed by atoms with E-state index in [-0.39, 0.29) is 18.4 Å². The van der Waals surface area contributed by atoms with Crippen molar-refractivity contribution < 1.29 is 19.1 Å². The Morgan fingerprint density at radius 1 is 1.00 bits per heavy atom. The van der Waals surface area contributed by atoms with Gasteiger partial charge in [0.15, 0.2) is 0 Å². The Kier molecular flexibility index (Phi) is 5.38. The van der Waals surface area contributed by atoms with E-state index in [4.69, 9.17) is 15.2 Å². The smallest absolute Gasteiger partial charge is 0.433 e. The predicted octanol–water partition coefficient (Wildman–Crippen LogP) is 3.85. The molecule has 0 heterocycles. The molecule has 2 aromatic rings. The number of benzene rings is 2. The highest BCUT2D eigenvalue weighted by atomic mass is 16.7. The lowest BCUT2D eigenvalue weighted by Crippen LogP contribution is -2.35. The maximum atomic E-state index is 11.9. The third kappa shape index (κ3) is 3.78. The Morgan fingerprint density at radius 3 is 2.08 bits per heavy atom. The van der Waals surface area contributed by atoms with Crippen molar-refractivity contribution in [1.29, 1.82) is 0 Å². The van der Waals surface area contributed by atoms with Crippen LogP contribution in [0.1, 0.15) is 37.3 Å². The first-order valence-corrected chi connectivity index (χ1v) is 8.79. The number of nitrogens with two attached hydrogens (primary N) is 1. The van der Waals surface area contributed by atoms with Gasteiger partial charge in [0.05, 0.1) is 0 Å².